The highest BCUT2D eigenvalue weighted by Crippen LogP contribution is 2.51. The molecule has 0 aromatic carbocycles. The van der Waals surface area contributed by atoms with Gasteiger partial charge in [0.1, 0.15) is 0 Å². The molecule has 0 spiro atoms. The van der Waals surface area contributed by atoms with Crippen LogP contribution >= 0.6 is 0 Å². The van der Waals surface area contributed by atoms with Crippen molar-refractivity contribution in [3.8, 4) is 0 Å². The van der Waals surface area contributed by atoms with E-state index in [1.54, 1.807) is 0 Å². The molecular formula is C17H32N2O. The summed E-state index contributed by atoms with van der Waals surface area (Å²) < 4.78 is 0. The monoisotopic (exact) mass is 280 g/mol. The van der Waals surface area contributed by atoms with Gasteiger partial charge in [-0.05, 0) is 38.6 Å². The molecule has 3 aliphatic rings. The van der Waals surface area contributed by atoms with E-state index in [2.05, 4.69) is 4.90 Å². The van der Waals surface area contributed by atoms with Crippen molar-refractivity contribution in [2.45, 2.75) is 82.3 Å². The molecular weight excluding hydrogens is 248 g/mol. The smallest absolute Gasteiger partial charge is 0.0882 e. The molecule has 20 heavy (non-hydrogen) atoms. The highest BCUT2D eigenvalue weighted by molar-refractivity contribution is 5.11. The summed E-state index contributed by atoms with van der Waals surface area (Å²) in [5, 5.41) is 11.7. The maximum Gasteiger partial charge on any atom is 0.0882 e. The van der Waals surface area contributed by atoms with Gasteiger partial charge in [-0.2, -0.15) is 0 Å². The van der Waals surface area contributed by atoms with Crippen LogP contribution in [0.15, 0.2) is 0 Å². The van der Waals surface area contributed by atoms with Crippen LogP contribution in [0.1, 0.15) is 70.6 Å². The van der Waals surface area contributed by atoms with Crippen molar-refractivity contribution in [3.05, 3.63) is 0 Å². The highest BCUT2D eigenvalue weighted by Gasteiger charge is 2.58. The van der Waals surface area contributed by atoms with Gasteiger partial charge in [0.15, 0.2) is 0 Å². The van der Waals surface area contributed by atoms with Gasteiger partial charge in [-0.1, -0.05) is 38.5 Å². The second kappa shape index (κ2) is 5.94. The third kappa shape index (κ3) is 2.32. The van der Waals surface area contributed by atoms with E-state index in [4.69, 9.17) is 5.73 Å². The number of piperidine rings is 1. The Morgan fingerprint density at radius 1 is 0.900 bits per heavy atom. The van der Waals surface area contributed by atoms with Gasteiger partial charge < -0.3 is 10.8 Å². The van der Waals surface area contributed by atoms with Crippen molar-refractivity contribution >= 4 is 0 Å². The average molecular weight is 280 g/mol. The van der Waals surface area contributed by atoms with Crippen LogP contribution < -0.4 is 5.73 Å². The molecule has 3 fully saturated rings. The topological polar surface area (TPSA) is 49.5 Å². The van der Waals surface area contributed by atoms with Gasteiger partial charge in [-0.25, -0.2) is 0 Å². The second-order valence-corrected chi connectivity index (χ2v) is 7.47. The summed E-state index contributed by atoms with van der Waals surface area (Å²) in [5.41, 5.74) is 5.74. The van der Waals surface area contributed by atoms with Crippen molar-refractivity contribution in [2.24, 2.45) is 11.1 Å². The third-order valence-corrected chi connectivity index (χ3v) is 6.56. The lowest BCUT2D eigenvalue weighted by molar-refractivity contribution is -0.119. The number of rotatable bonds is 2. The van der Waals surface area contributed by atoms with Gasteiger partial charge in [0.2, 0.25) is 0 Å². The molecule has 0 aromatic heterocycles. The molecule has 1 aliphatic carbocycles. The summed E-state index contributed by atoms with van der Waals surface area (Å²) in [6, 6.07) is 0.388. The number of hydrogen-bond donors (Lipinski definition) is 2. The van der Waals surface area contributed by atoms with Crippen molar-refractivity contribution in [1.82, 2.24) is 4.90 Å². The highest BCUT2D eigenvalue weighted by atomic mass is 16.3. The second-order valence-electron chi connectivity index (χ2n) is 7.47. The van der Waals surface area contributed by atoms with Gasteiger partial charge in [0, 0.05) is 24.5 Å². The van der Waals surface area contributed by atoms with E-state index in [-0.39, 0.29) is 5.41 Å². The van der Waals surface area contributed by atoms with Gasteiger partial charge in [0.25, 0.3) is 0 Å². The van der Waals surface area contributed by atoms with Crippen LogP contribution in [0.2, 0.25) is 0 Å². The van der Waals surface area contributed by atoms with Crippen molar-refractivity contribution in [2.75, 3.05) is 19.6 Å². The Labute approximate surface area is 123 Å². The van der Waals surface area contributed by atoms with Crippen LogP contribution in [0, 0.1) is 5.41 Å². The minimum atomic E-state index is -0.514. The van der Waals surface area contributed by atoms with Crippen LogP contribution in [0.4, 0.5) is 0 Å². The molecule has 1 saturated carbocycles. The Morgan fingerprint density at radius 2 is 1.60 bits per heavy atom. The number of aliphatic hydroxyl groups is 1. The zero-order chi connectivity index (χ0) is 14.1. The molecule has 3 rings (SSSR count). The zero-order valence-electron chi connectivity index (χ0n) is 12.9. The number of nitrogens with zero attached hydrogens (tertiary/aromatic N) is 1. The Hall–Kier alpha value is -0.120. The largest absolute Gasteiger partial charge is 0.388 e. The first kappa shape index (κ1) is 14.8. The van der Waals surface area contributed by atoms with Gasteiger partial charge in [-0.3, -0.25) is 4.90 Å². The minimum absolute atomic E-state index is 0.00975. The predicted molar refractivity (Wildman–Crippen MR) is 82.6 cm³/mol. The first-order valence-electron chi connectivity index (χ1n) is 8.88. The fourth-order valence-electron chi connectivity index (χ4n) is 5.29. The quantitative estimate of drug-likeness (QED) is 0.817. The van der Waals surface area contributed by atoms with Crippen molar-refractivity contribution < 1.29 is 5.11 Å². The van der Waals surface area contributed by atoms with E-state index in [1.165, 1.54) is 57.9 Å². The lowest BCUT2D eigenvalue weighted by atomic mass is 9.61. The molecule has 2 aliphatic heterocycles. The summed E-state index contributed by atoms with van der Waals surface area (Å²) >= 11 is 0. The Kier molecular flexibility index (Phi) is 4.40. The lowest BCUT2D eigenvalue weighted by Gasteiger charge is -2.51. The summed E-state index contributed by atoms with van der Waals surface area (Å²) in [4.78, 5) is 2.56. The molecule has 0 radical (unpaired) electrons. The summed E-state index contributed by atoms with van der Waals surface area (Å²) in [7, 11) is 0. The van der Waals surface area contributed by atoms with E-state index in [0.29, 0.717) is 12.6 Å². The van der Waals surface area contributed by atoms with Crippen LogP contribution in [0.5, 0.6) is 0 Å². The SMILES string of the molecule is NCC1(C2(O)CCN3CCCCC32)CCCCCCC1. The molecule has 2 unspecified atom stereocenters. The van der Waals surface area contributed by atoms with Gasteiger partial charge >= 0.3 is 0 Å². The Balaban J connectivity index is 1.85. The van der Waals surface area contributed by atoms with E-state index >= 15 is 0 Å². The Morgan fingerprint density at radius 3 is 2.30 bits per heavy atom. The zero-order valence-corrected chi connectivity index (χ0v) is 12.9. The fourth-order valence-corrected chi connectivity index (χ4v) is 5.29. The summed E-state index contributed by atoms with van der Waals surface area (Å²) in [6.45, 7) is 2.95. The molecule has 3 nitrogen and oxygen atoms in total. The normalized spacial score (nSPS) is 39.0. The van der Waals surface area contributed by atoms with Crippen LogP contribution in [0.3, 0.4) is 0 Å². The number of fused-ring (bicyclic) bond motifs is 1. The van der Waals surface area contributed by atoms with Crippen LogP contribution in [0.25, 0.3) is 0 Å². The first-order valence-corrected chi connectivity index (χ1v) is 8.88. The molecule has 116 valence electrons. The predicted octanol–water partition coefficient (Wildman–Crippen LogP) is 2.67. The summed E-state index contributed by atoms with van der Waals surface area (Å²) in [6.07, 6.45) is 13.5. The molecule has 2 saturated heterocycles. The third-order valence-electron chi connectivity index (χ3n) is 6.56. The van der Waals surface area contributed by atoms with E-state index in [0.717, 1.165) is 25.8 Å². The molecule has 2 heterocycles. The van der Waals surface area contributed by atoms with Crippen LogP contribution in [-0.2, 0) is 0 Å². The molecule has 3 N–H and O–H groups in total. The van der Waals surface area contributed by atoms with Gasteiger partial charge in [0.05, 0.1) is 5.60 Å². The maximum atomic E-state index is 11.7. The summed E-state index contributed by atoms with van der Waals surface area (Å²) in [5.74, 6) is 0. The van der Waals surface area contributed by atoms with E-state index in [9.17, 15) is 5.11 Å². The molecule has 0 aromatic rings. The minimum Gasteiger partial charge on any atom is -0.388 e. The molecule has 0 bridgehead atoms. The maximum absolute atomic E-state index is 11.7. The number of hydrogen-bond acceptors (Lipinski definition) is 3. The van der Waals surface area contributed by atoms with Crippen molar-refractivity contribution in [1.29, 1.82) is 0 Å². The average Bonchev–Trinajstić information content (AvgIpc) is 2.79. The van der Waals surface area contributed by atoms with Crippen molar-refractivity contribution in [3.63, 3.8) is 0 Å². The Bertz CT molecular complexity index is 325. The van der Waals surface area contributed by atoms with Crippen LogP contribution in [-0.4, -0.2) is 41.3 Å². The molecule has 0 amide bonds. The van der Waals surface area contributed by atoms with Gasteiger partial charge in [-0.15, -0.1) is 0 Å². The number of nitrogens with two attached hydrogens (primary N) is 1. The lowest BCUT2D eigenvalue weighted by Crippen LogP contribution is -2.60. The standard InChI is InChI=1S/C17H32N2O/c18-14-16(9-5-2-1-3-6-10-16)17(20)11-13-19-12-7-4-8-15(17)19/h15,20H,1-14,18H2. The van der Waals surface area contributed by atoms with E-state index < -0.39 is 5.60 Å². The first-order chi connectivity index (χ1) is 9.72. The van der Waals surface area contributed by atoms with E-state index in [1.807, 2.05) is 0 Å². The molecule has 3 heteroatoms. The molecule has 2 atom stereocenters. The fraction of sp³-hybridized carbons (Fsp3) is 1.00.